The zero-order chi connectivity index (χ0) is 25.9. The molecule has 0 radical (unpaired) electrons. The average Bonchev–Trinajstić information content (AvgIpc) is 3.41. The maximum atomic E-state index is 15.0. The van der Waals surface area contributed by atoms with E-state index >= 15 is 4.39 Å². The van der Waals surface area contributed by atoms with Crippen LogP contribution < -0.4 is 9.46 Å². The van der Waals surface area contributed by atoms with Crippen LogP contribution in [0.3, 0.4) is 0 Å². The molecule has 2 atom stereocenters. The summed E-state index contributed by atoms with van der Waals surface area (Å²) in [6.45, 7) is 2.14. The van der Waals surface area contributed by atoms with Gasteiger partial charge in [0.1, 0.15) is 17.3 Å². The van der Waals surface area contributed by atoms with E-state index in [0.717, 1.165) is 22.4 Å². The molecule has 0 bridgehead atoms. The molecular formula is C26H29FN2O5S2. The van der Waals surface area contributed by atoms with E-state index in [4.69, 9.17) is 9.47 Å². The zero-order valence-corrected chi connectivity index (χ0v) is 22.0. The molecule has 1 aromatic heterocycles. The predicted molar refractivity (Wildman–Crippen MR) is 137 cm³/mol. The third kappa shape index (κ3) is 6.11. The molecular weight excluding hydrogens is 503 g/mol. The largest absolute Gasteiger partial charge is 0.472 e. The van der Waals surface area contributed by atoms with E-state index in [1.165, 1.54) is 24.5 Å². The average molecular weight is 533 g/mol. The smallest absolute Gasteiger partial charge is 0.312 e. The molecule has 0 saturated heterocycles. The molecule has 0 spiro atoms. The number of nitrogens with one attached hydrogen (secondary N) is 1. The second kappa shape index (κ2) is 10.7. The molecule has 3 aromatic rings. The molecule has 1 aliphatic carbocycles. The first-order chi connectivity index (χ1) is 17.1. The van der Waals surface area contributed by atoms with Crippen LogP contribution in [-0.4, -0.2) is 38.8 Å². The van der Waals surface area contributed by atoms with Gasteiger partial charge in [-0.15, -0.1) is 11.3 Å². The molecule has 7 nitrogen and oxygen atoms in total. The number of sulfonamides is 1. The van der Waals surface area contributed by atoms with Crippen molar-refractivity contribution in [1.29, 1.82) is 0 Å². The zero-order valence-electron chi connectivity index (χ0n) is 20.4. The molecule has 0 amide bonds. The van der Waals surface area contributed by atoms with Crippen molar-refractivity contribution in [3.8, 4) is 16.3 Å². The van der Waals surface area contributed by atoms with Crippen molar-refractivity contribution in [2.24, 2.45) is 5.41 Å². The monoisotopic (exact) mass is 532 g/mol. The van der Waals surface area contributed by atoms with Gasteiger partial charge in [-0.2, -0.15) is 0 Å². The summed E-state index contributed by atoms with van der Waals surface area (Å²) < 4.78 is 52.2. The minimum absolute atomic E-state index is 0.298. The Hall–Kier alpha value is -2.82. The number of aryl methyl sites for hydroxylation is 1. The van der Waals surface area contributed by atoms with Gasteiger partial charge in [-0.25, -0.2) is 22.5 Å². The third-order valence-electron chi connectivity index (χ3n) is 6.35. The van der Waals surface area contributed by atoms with Gasteiger partial charge in [0.15, 0.2) is 0 Å². The van der Waals surface area contributed by atoms with Crippen molar-refractivity contribution in [2.45, 2.75) is 45.3 Å². The number of methoxy groups -OCH3 is 1. The molecule has 0 unspecified atom stereocenters. The summed E-state index contributed by atoms with van der Waals surface area (Å²) >= 11 is 1.34. The molecule has 1 saturated carbocycles. The molecule has 4 rings (SSSR count). The first-order valence-electron chi connectivity index (χ1n) is 11.6. The Morgan fingerprint density at radius 1 is 1.22 bits per heavy atom. The summed E-state index contributed by atoms with van der Waals surface area (Å²) in [7, 11) is -2.08. The summed E-state index contributed by atoms with van der Waals surface area (Å²) in [6.07, 6.45) is 2.69. The Labute approximate surface area is 214 Å². The highest BCUT2D eigenvalue weighted by Gasteiger charge is 2.47. The van der Waals surface area contributed by atoms with Crippen molar-refractivity contribution in [2.75, 3.05) is 13.4 Å². The minimum Gasteiger partial charge on any atom is -0.472 e. The number of thiazole rings is 1. The van der Waals surface area contributed by atoms with E-state index in [0.29, 0.717) is 48.6 Å². The van der Waals surface area contributed by atoms with E-state index < -0.39 is 27.2 Å². The van der Waals surface area contributed by atoms with Crippen molar-refractivity contribution < 1.29 is 27.1 Å². The van der Waals surface area contributed by atoms with Crippen LogP contribution in [0.15, 0.2) is 48.5 Å². The van der Waals surface area contributed by atoms with E-state index in [-0.39, 0.29) is 6.04 Å². The molecule has 36 heavy (non-hydrogen) atoms. The van der Waals surface area contributed by atoms with Crippen LogP contribution >= 0.6 is 11.3 Å². The summed E-state index contributed by atoms with van der Waals surface area (Å²) in [4.78, 5) is 17.9. The van der Waals surface area contributed by atoms with Gasteiger partial charge in [-0.05, 0) is 55.9 Å². The number of hydrogen-bond acceptors (Lipinski definition) is 7. The highest BCUT2D eigenvalue weighted by molar-refractivity contribution is 7.88. The predicted octanol–water partition coefficient (Wildman–Crippen LogP) is 4.64. The molecule has 1 heterocycles. The molecule has 1 fully saturated rings. The number of aromatic nitrogens is 1. The lowest BCUT2D eigenvalue weighted by Crippen LogP contribution is -2.37. The molecule has 192 valence electrons. The Morgan fingerprint density at radius 3 is 2.67 bits per heavy atom. The van der Waals surface area contributed by atoms with E-state index in [1.54, 1.807) is 12.1 Å². The Bertz CT molecular complexity index is 1340. The fourth-order valence-electron chi connectivity index (χ4n) is 4.81. The van der Waals surface area contributed by atoms with Gasteiger partial charge in [-0.3, -0.25) is 4.79 Å². The van der Waals surface area contributed by atoms with Gasteiger partial charge in [0.25, 0.3) is 0 Å². The minimum atomic E-state index is -3.41. The number of hydrogen-bond donors (Lipinski definition) is 1. The number of halogens is 1. The Kier molecular flexibility index (Phi) is 7.77. The topological polar surface area (TPSA) is 94.6 Å². The lowest BCUT2D eigenvalue weighted by atomic mass is 9.79. The summed E-state index contributed by atoms with van der Waals surface area (Å²) in [5.74, 6) is -0.452. The maximum absolute atomic E-state index is 15.0. The van der Waals surface area contributed by atoms with E-state index in [1.807, 2.05) is 37.3 Å². The molecule has 10 heteroatoms. The summed E-state index contributed by atoms with van der Waals surface area (Å²) in [5, 5.41) is 0.745. The van der Waals surface area contributed by atoms with Crippen LogP contribution in [0.25, 0.3) is 10.4 Å². The van der Waals surface area contributed by atoms with Crippen LogP contribution in [-0.2, 0) is 32.6 Å². The third-order valence-corrected chi connectivity index (χ3v) is 8.09. The van der Waals surface area contributed by atoms with Gasteiger partial charge in [0, 0.05) is 11.6 Å². The van der Waals surface area contributed by atoms with Gasteiger partial charge >= 0.3 is 5.97 Å². The number of rotatable bonds is 9. The fraction of sp³-hybridized carbons (Fsp3) is 0.385. The lowest BCUT2D eigenvalue weighted by Gasteiger charge is -2.27. The first-order valence-corrected chi connectivity index (χ1v) is 14.3. The van der Waals surface area contributed by atoms with Gasteiger partial charge in [0.05, 0.1) is 23.8 Å². The highest BCUT2D eigenvalue weighted by Crippen LogP contribution is 2.44. The highest BCUT2D eigenvalue weighted by atomic mass is 32.2. The lowest BCUT2D eigenvalue weighted by molar-refractivity contribution is -0.152. The second-order valence-electron chi connectivity index (χ2n) is 9.23. The summed E-state index contributed by atoms with van der Waals surface area (Å²) in [6, 6.07) is 14.1. The van der Waals surface area contributed by atoms with Gasteiger partial charge < -0.3 is 9.47 Å². The normalized spacial score (nSPS) is 19.8. The summed E-state index contributed by atoms with van der Waals surface area (Å²) in [5.41, 5.74) is 1.17. The molecule has 2 aromatic carbocycles. The standard InChI is InChI=1S/C26H29FN2O5S2/c1-17-28-24(34-16-18-7-5-4-6-8-18)23(35-17)21-13-19(9-10-22(21)27)14-26(25(30)33-2)12-11-20(15-26)29-36(3,31)32/h4-10,13,20,29H,11-12,14-16H2,1-3H3/t20-,26+/m0/s1. The van der Waals surface area contributed by atoms with Crippen LogP contribution in [0, 0.1) is 18.2 Å². The number of nitrogens with zero attached hydrogens (tertiary/aromatic N) is 1. The van der Waals surface area contributed by atoms with Crippen molar-refractivity contribution >= 4 is 27.3 Å². The van der Waals surface area contributed by atoms with E-state index in [9.17, 15) is 13.2 Å². The van der Waals surface area contributed by atoms with Crippen LogP contribution in [0.4, 0.5) is 4.39 Å². The quantitative estimate of drug-likeness (QED) is 0.404. The number of esters is 1. The molecule has 0 aliphatic heterocycles. The van der Waals surface area contributed by atoms with Crippen LogP contribution in [0.2, 0.25) is 0 Å². The maximum Gasteiger partial charge on any atom is 0.312 e. The van der Waals surface area contributed by atoms with Crippen molar-refractivity contribution in [3.63, 3.8) is 0 Å². The number of carbonyl (C=O) groups is 1. The van der Waals surface area contributed by atoms with Gasteiger partial charge in [-0.1, -0.05) is 36.4 Å². The number of ether oxygens (including phenoxy) is 2. The fourth-order valence-corrected chi connectivity index (χ4v) is 6.50. The van der Waals surface area contributed by atoms with Crippen molar-refractivity contribution in [1.82, 2.24) is 9.71 Å². The van der Waals surface area contributed by atoms with Crippen molar-refractivity contribution in [3.05, 3.63) is 70.5 Å². The molecule has 1 aliphatic rings. The number of carbonyl (C=O) groups excluding carboxylic acids is 1. The van der Waals surface area contributed by atoms with Crippen LogP contribution in [0.5, 0.6) is 5.88 Å². The first kappa shape index (κ1) is 26.2. The number of benzene rings is 2. The second-order valence-corrected chi connectivity index (χ2v) is 12.2. The molecule has 1 N–H and O–H groups in total. The van der Waals surface area contributed by atoms with Crippen LogP contribution in [0.1, 0.15) is 35.4 Å². The Balaban J connectivity index is 1.61. The van der Waals surface area contributed by atoms with Gasteiger partial charge in [0.2, 0.25) is 15.9 Å². The van der Waals surface area contributed by atoms with E-state index in [2.05, 4.69) is 9.71 Å². The Morgan fingerprint density at radius 2 is 1.97 bits per heavy atom. The SMILES string of the molecule is COC(=O)[C@@]1(Cc2ccc(F)c(-c3sc(C)nc3OCc3ccccc3)c2)CC[C@H](NS(C)(=O)=O)C1.